The van der Waals surface area contributed by atoms with Crippen LogP contribution in [0.1, 0.15) is 29.8 Å². The van der Waals surface area contributed by atoms with E-state index in [1.165, 1.54) is 18.5 Å². The lowest BCUT2D eigenvalue weighted by atomic mass is 10.0. The molecule has 0 aliphatic heterocycles. The minimum atomic E-state index is -0.950. The largest absolute Gasteiger partial charge is 0.478 e. The lowest BCUT2D eigenvalue weighted by Crippen LogP contribution is -2.07. The Labute approximate surface area is 131 Å². The topological polar surface area (TPSA) is 55.1 Å². The Morgan fingerprint density at radius 1 is 1.33 bits per heavy atom. The van der Waals surface area contributed by atoms with Crippen LogP contribution in [0.2, 0.25) is 0 Å². The molecule has 0 atom stereocenters. The number of fused-ring (bicyclic) bond motifs is 1. The van der Waals surface area contributed by atoms with Crippen molar-refractivity contribution in [2.75, 3.05) is 0 Å². The summed E-state index contributed by atoms with van der Waals surface area (Å²) in [5.74, 6) is -0.950. The quantitative estimate of drug-likeness (QED) is 0.863. The van der Waals surface area contributed by atoms with Crippen LogP contribution in [-0.2, 0) is 17.6 Å². The van der Waals surface area contributed by atoms with E-state index < -0.39 is 5.97 Å². The van der Waals surface area contributed by atoms with Crippen LogP contribution in [0.3, 0.4) is 0 Å². The van der Waals surface area contributed by atoms with Crippen LogP contribution in [-0.4, -0.2) is 20.6 Å². The molecule has 4 nitrogen and oxygen atoms in total. The molecule has 21 heavy (non-hydrogen) atoms. The minimum absolute atomic E-state index is 0.859. The number of carbonyl (C=O) groups is 1. The standard InChI is InChI=1S/C16H15BrN2O2/c17-12-6-7-14(11(9-12)5-8-16(20)21)19-10-18-13-3-1-2-4-15(13)19/h5-10H,1-4H2,(H,20,21)/b8-5+. The van der Waals surface area contributed by atoms with Crippen molar-refractivity contribution in [1.82, 2.24) is 9.55 Å². The summed E-state index contributed by atoms with van der Waals surface area (Å²) in [5.41, 5.74) is 4.23. The van der Waals surface area contributed by atoms with E-state index >= 15 is 0 Å². The third-order valence-corrected chi connectivity index (χ3v) is 4.18. The highest BCUT2D eigenvalue weighted by molar-refractivity contribution is 9.10. The van der Waals surface area contributed by atoms with Gasteiger partial charge in [0.1, 0.15) is 0 Å². The van der Waals surface area contributed by atoms with E-state index in [-0.39, 0.29) is 0 Å². The SMILES string of the molecule is O=C(O)/C=C/c1cc(Br)ccc1-n1cnc2c1CCCC2. The Hall–Kier alpha value is -1.88. The number of hydrogen-bond donors (Lipinski definition) is 1. The van der Waals surface area contributed by atoms with Gasteiger partial charge in [-0.2, -0.15) is 0 Å². The van der Waals surface area contributed by atoms with E-state index in [9.17, 15) is 4.79 Å². The minimum Gasteiger partial charge on any atom is -0.478 e. The second-order valence-corrected chi connectivity index (χ2v) is 6.01. The van der Waals surface area contributed by atoms with Crippen LogP contribution < -0.4 is 0 Å². The second kappa shape index (κ2) is 5.85. The molecule has 0 spiro atoms. The molecule has 0 saturated carbocycles. The van der Waals surface area contributed by atoms with Gasteiger partial charge in [0.05, 0.1) is 17.7 Å². The first-order valence-electron chi connectivity index (χ1n) is 6.91. The molecule has 1 aliphatic rings. The number of rotatable bonds is 3. The van der Waals surface area contributed by atoms with Crippen LogP contribution in [0.25, 0.3) is 11.8 Å². The van der Waals surface area contributed by atoms with Crippen molar-refractivity contribution < 1.29 is 9.90 Å². The van der Waals surface area contributed by atoms with Gasteiger partial charge in [0.2, 0.25) is 0 Å². The third-order valence-electron chi connectivity index (χ3n) is 3.68. The van der Waals surface area contributed by atoms with Gasteiger partial charge in [0.15, 0.2) is 0 Å². The molecule has 1 N–H and O–H groups in total. The molecule has 5 heteroatoms. The molecule has 0 bridgehead atoms. The van der Waals surface area contributed by atoms with E-state index in [2.05, 4.69) is 25.5 Å². The summed E-state index contributed by atoms with van der Waals surface area (Å²) in [6.45, 7) is 0. The normalized spacial score (nSPS) is 14.3. The van der Waals surface area contributed by atoms with Crippen molar-refractivity contribution in [3.05, 3.63) is 52.0 Å². The first-order valence-corrected chi connectivity index (χ1v) is 7.70. The van der Waals surface area contributed by atoms with Gasteiger partial charge in [0, 0.05) is 16.2 Å². The number of nitrogens with zero attached hydrogens (tertiary/aromatic N) is 2. The summed E-state index contributed by atoms with van der Waals surface area (Å²) in [5, 5.41) is 8.84. The Morgan fingerprint density at radius 2 is 2.14 bits per heavy atom. The predicted octanol–water partition coefficient (Wildman–Crippen LogP) is 3.61. The van der Waals surface area contributed by atoms with Crippen molar-refractivity contribution in [3.63, 3.8) is 0 Å². The number of aliphatic carboxylic acids is 1. The molecule has 1 heterocycles. The summed E-state index contributed by atoms with van der Waals surface area (Å²) >= 11 is 3.44. The van der Waals surface area contributed by atoms with Gasteiger partial charge in [-0.3, -0.25) is 0 Å². The highest BCUT2D eigenvalue weighted by atomic mass is 79.9. The maximum atomic E-state index is 10.8. The number of halogens is 1. The predicted molar refractivity (Wildman–Crippen MR) is 84.6 cm³/mol. The molecular weight excluding hydrogens is 332 g/mol. The Morgan fingerprint density at radius 3 is 2.95 bits per heavy atom. The fourth-order valence-electron chi connectivity index (χ4n) is 2.72. The molecule has 1 aromatic heterocycles. The number of aromatic nitrogens is 2. The molecule has 0 saturated heterocycles. The van der Waals surface area contributed by atoms with Crippen molar-refractivity contribution >= 4 is 28.0 Å². The van der Waals surface area contributed by atoms with Crippen LogP contribution in [0.5, 0.6) is 0 Å². The number of carboxylic acids is 1. The van der Waals surface area contributed by atoms with Crippen molar-refractivity contribution in [2.24, 2.45) is 0 Å². The fraction of sp³-hybridized carbons (Fsp3) is 0.250. The number of carboxylic acid groups (broad SMARTS) is 1. The molecule has 0 amide bonds. The molecule has 1 aliphatic carbocycles. The highest BCUT2D eigenvalue weighted by Gasteiger charge is 2.17. The summed E-state index contributed by atoms with van der Waals surface area (Å²) in [6, 6.07) is 5.87. The maximum Gasteiger partial charge on any atom is 0.328 e. The van der Waals surface area contributed by atoms with Gasteiger partial charge in [-0.1, -0.05) is 15.9 Å². The average Bonchev–Trinajstić information content (AvgIpc) is 2.89. The monoisotopic (exact) mass is 346 g/mol. The molecule has 2 aromatic rings. The lowest BCUT2D eigenvalue weighted by molar-refractivity contribution is -0.131. The van der Waals surface area contributed by atoms with Crippen molar-refractivity contribution in [1.29, 1.82) is 0 Å². The molecule has 108 valence electrons. The maximum absolute atomic E-state index is 10.8. The highest BCUT2D eigenvalue weighted by Crippen LogP contribution is 2.27. The summed E-state index contributed by atoms with van der Waals surface area (Å²) in [4.78, 5) is 15.3. The first-order chi connectivity index (χ1) is 10.1. The van der Waals surface area contributed by atoms with Gasteiger partial charge < -0.3 is 9.67 Å². The van der Waals surface area contributed by atoms with Crippen LogP contribution in [0, 0.1) is 0 Å². The second-order valence-electron chi connectivity index (χ2n) is 5.09. The first kappa shape index (κ1) is 14.1. The van der Waals surface area contributed by atoms with Crippen molar-refractivity contribution in [3.8, 4) is 5.69 Å². The molecule has 1 aromatic carbocycles. The Kier molecular flexibility index (Phi) is 3.92. The van der Waals surface area contributed by atoms with Gasteiger partial charge >= 0.3 is 5.97 Å². The molecule has 3 rings (SSSR count). The van der Waals surface area contributed by atoms with Crippen LogP contribution in [0.15, 0.2) is 35.1 Å². The van der Waals surface area contributed by atoms with E-state index in [1.54, 1.807) is 6.08 Å². The molecule has 0 fully saturated rings. The van der Waals surface area contributed by atoms with Crippen LogP contribution >= 0.6 is 15.9 Å². The van der Waals surface area contributed by atoms with Crippen LogP contribution in [0.4, 0.5) is 0 Å². The molecule has 0 unspecified atom stereocenters. The molecular formula is C16H15BrN2O2. The summed E-state index contributed by atoms with van der Waals surface area (Å²) in [6.07, 6.45) is 9.04. The average molecular weight is 347 g/mol. The number of imidazole rings is 1. The fourth-order valence-corrected chi connectivity index (χ4v) is 3.09. The zero-order valence-electron chi connectivity index (χ0n) is 11.4. The van der Waals surface area contributed by atoms with E-state index in [4.69, 9.17) is 5.11 Å². The zero-order valence-corrected chi connectivity index (χ0v) is 13.0. The molecule has 0 radical (unpaired) electrons. The number of hydrogen-bond acceptors (Lipinski definition) is 2. The van der Waals surface area contributed by atoms with E-state index in [0.717, 1.165) is 40.3 Å². The van der Waals surface area contributed by atoms with Gasteiger partial charge in [-0.15, -0.1) is 0 Å². The van der Waals surface area contributed by atoms with E-state index in [0.29, 0.717) is 0 Å². The zero-order chi connectivity index (χ0) is 14.8. The number of benzene rings is 1. The van der Waals surface area contributed by atoms with Gasteiger partial charge in [-0.25, -0.2) is 9.78 Å². The number of aryl methyl sites for hydroxylation is 1. The summed E-state index contributed by atoms with van der Waals surface area (Å²) < 4.78 is 3.01. The Balaban J connectivity index is 2.09. The third kappa shape index (κ3) is 2.93. The van der Waals surface area contributed by atoms with Crippen molar-refractivity contribution in [2.45, 2.75) is 25.7 Å². The van der Waals surface area contributed by atoms with E-state index in [1.807, 2.05) is 24.5 Å². The Bertz CT molecular complexity index is 719. The van der Waals surface area contributed by atoms with Gasteiger partial charge in [-0.05, 0) is 55.5 Å². The van der Waals surface area contributed by atoms with Gasteiger partial charge in [0.25, 0.3) is 0 Å². The smallest absolute Gasteiger partial charge is 0.328 e. The summed E-state index contributed by atoms with van der Waals surface area (Å²) in [7, 11) is 0. The lowest BCUT2D eigenvalue weighted by Gasteiger charge is -2.16.